The van der Waals surface area contributed by atoms with Gasteiger partial charge in [0.05, 0.1) is 13.2 Å². The first kappa shape index (κ1) is 13.6. The SMILES string of the molecule is CCc1nc(=S)c2c(=O)[nH]c(=O)n(CCOC)c2[nH]1. The van der Waals surface area contributed by atoms with Crippen LogP contribution in [-0.2, 0) is 17.7 Å². The molecule has 2 aromatic heterocycles. The van der Waals surface area contributed by atoms with E-state index in [1.54, 1.807) is 7.11 Å². The molecule has 0 aromatic carbocycles. The first-order chi connectivity index (χ1) is 9.08. The van der Waals surface area contributed by atoms with Gasteiger partial charge in [-0.1, -0.05) is 19.1 Å². The van der Waals surface area contributed by atoms with Crippen LogP contribution in [0.15, 0.2) is 9.59 Å². The second-order valence-corrected chi connectivity index (χ2v) is 4.36. The molecule has 102 valence electrons. The van der Waals surface area contributed by atoms with E-state index in [2.05, 4.69) is 15.0 Å². The maximum atomic E-state index is 11.8. The first-order valence-electron chi connectivity index (χ1n) is 5.83. The molecule has 0 aliphatic rings. The molecule has 0 amide bonds. The normalized spacial score (nSPS) is 11.1. The maximum Gasteiger partial charge on any atom is 0.330 e. The van der Waals surface area contributed by atoms with Crippen LogP contribution in [0.2, 0.25) is 0 Å². The van der Waals surface area contributed by atoms with E-state index in [0.717, 1.165) is 0 Å². The van der Waals surface area contributed by atoms with Crippen molar-refractivity contribution in [3.05, 3.63) is 31.3 Å². The molecule has 7 nitrogen and oxygen atoms in total. The summed E-state index contributed by atoms with van der Waals surface area (Å²) in [6.45, 7) is 2.58. The molecule has 2 aromatic rings. The summed E-state index contributed by atoms with van der Waals surface area (Å²) >= 11 is 5.11. The van der Waals surface area contributed by atoms with Gasteiger partial charge in [0, 0.05) is 13.5 Å². The summed E-state index contributed by atoms with van der Waals surface area (Å²) in [5, 5.41) is 0.225. The van der Waals surface area contributed by atoms with Gasteiger partial charge in [0.2, 0.25) is 0 Å². The highest BCUT2D eigenvalue weighted by Gasteiger charge is 2.11. The molecule has 0 aliphatic carbocycles. The first-order valence-corrected chi connectivity index (χ1v) is 6.24. The molecule has 0 bridgehead atoms. The minimum Gasteiger partial charge on any atom is -0.383 e. The van der Waals surface area contributed by atoms with E-state index < -0.39 is 11.2 Å². The van der Waals surface area contributed by atoms with Crippen molar-refractivity contribution < 1.29 is 4.74 Å². The molecular formula is C11H14N4O3S. The lowest BCUT2D eigenvalue weighted by Crippen LogP contribution is -2.32. The third-order valence-electron chi connectivity index (χ3n) is 2.77. The van der Waals surface area contributed by atoms with E-state index in [1.807, 2.05) is 6.92 Å². The lowest BCUT2D eigenvalue weighted by atomic mass is 10.3. The standard InChI is InChI=1S/C11H14N4O3S/c1-3-6-12-8-7(10(19)13-6)9(16)14-11(17)15(8)4-5-18-2/h3-5H2,1-2H3,(H,12,13,19)(H,14,16,17). The summed E-state index contributed by atoms with van der Waals surface area (Å²) in [7, 11) is 1.54. The van der Waals surface area contributed by atoms with E-state index in [0.29, 0.717) is 31.0 Å². The van der Waals surface area contributed by atoms with Gasteiger partial charge in [-0.2, -0.15) is 0 Å². The Morgan fingerprint density at radius 1 is 1.37 bits per heavy atom. The molecule has 8 heteroatoms. The largest absolute Gasteiger partial charge is 0.383 e. The molecule has 2 heterocycles. The molecule has 0 atom stereocenters. The van der Waals surface area contributed by atoms with Gasteiger partial charge in [-0.05, 0) is 0 Å². The number of rotatable bonds is 4. The third kappa shape index (κ3) is 2.49. The number of nitrogens with one attached hydrogen (secondary N) is 2. The van der Waals surface area contributed by atoms with Gasteiger partial charge in [-0.25, -0.2) is 9.78 Å². The molecule has 2 N–H and O–H groups in total. The second-order valence-electron chi connectivity index (χ2n) is 3.97. The molecule has 0 spiro atoms. The van der Waals surface area contributed by atoms with Crippen molar-refractivity contribution in [3.63, 3.8) is 0 Å². The number of hydrogen-bond donors (Lipinski definition) is 2. The van der Waals surface area contributed by atoms with Crippen molar-refractivity contribution in [2.75, 3.05) is 13.7 Å². The summed E-state index contributed by atoms with van der Waals surface area (Å²) in [5.41, 5.74) is -0.624. The highest BCUT2D eigenvalue weighted by molar-refractivity contribution is 7.71. The van der Waals surface area contributed by atoms with E-state index in [-0.39, 0.29) is 10.0 Å². The van der Waals surface area contributed by atoms with Crippen LogP contribution < -0.4 is 11.2 Å². The van der Waals surface area contributed by atoms with E-state index in [1.165, 1.54) is 4.57 Å². The van der Waals surface area contributed by atoms with Gasteiger partial charge < -0.3 is 9.72 Å². The third-order valence-corrected chi connectivity index (χ3v) is 3.06. The van der Waals surface area contributed by atoms with E-state index in [9.17, 15) is 9.59 Å². The van der Waals surface area contributed by atoms with Gasteiger partial charge in [-0.3, -0.25) is 14.3 Å². The van der Waals surface area contributed by atoms with Crippen molar-refractivity contribution in [1.29, 1.82) is 0 Å². The number of aromatic nitrogens is 4. The smallest absolute Gasteiger partial charge is 0.330 e. The van der Waals surface area contributed by atoms with E-state index in [4.69, 9.17) is 17.0 Å². The number of aryl methyl sites for hydroxylation is 1. The molecule has 19 heavy (non-hydrogen) atoms. The summed E-state index contributed by atoms with van der Waals surface area (Å²) in [5.74, 6) is 0.633. The van der Waals surface area contributed by atoms with Gasteiger partial charge in [-0.15, -0.1) is 0 Å². The predicted octanol–water partition coefficient (Wildman–Crippen LogP) is 0.351. The molecule has 0 saturated carbocycles. The molecule has 0 unspecified atom stereocenters. The molecular weight excluding hydrogens is 268 g/mol. The van der Waals surface area contributed by atoms with Crippen molar-refractivity contribution >= 4 is 23.3 Å². The summed E-state index contributed by atoms with van der Waals surface area (Å²) in [6.07, 6.45) is 0.630. The Kier molecular flexibility index (Phi) is 3.91. The van der Waals surface area contributed by atoms with Gasteiger partial charge in [0.1, 0.15) is 21.5 Å². The highest BCUT2D eigenvalue weighted by atomic mass is 32.1. The van der Waals surface area contributed by atoms with Gasteiger partial charge in [0.25, 0.3) is 5.56 Å². The Morgan fingerprint density at radius 3 is 2.74 bits per heavy atom. The Morgan fingerprint density at radius 2 is 2.11 bits per heavy atom. The lowest BCUT2D eigenvalue weighted by Gasteiger charge is -2.09. The van der Waals surface area contributed by atoms with Crippen LogP contribution in [0.4, 0.5) is 0 Å². The average Bonchev–Trinajstić information content (AvgIpc) is 2.37. The van der Waals surface area contributed by atoms with Crippen LogP contribution in [-0.4, -0.2) is 33.2 Å². The van der Waals surface area contributed by atoms with Crippen LogP contribution in [0.3, 0.4) is 0 Å². The summed E-state index contributed by atoms with van der Waals surface area (Å²) in [4.78, 5) is 33.0. The quantitative estimate of drug-likeness (QED) is 0.789. The Balaban J connectivity index is 2.87. The van der Waals surface area contributed by atoms with Crippen LogP contribution in [0.1, 0.15) is 12.7 Å². The zero-order valence-electron chi connectivity index (χ0n) is 10.6. The number of aromatic amines is 2. The van der Waals surface area contributed by atoms with Crippen LogP contribution >= 0.6 is 12.2 Å². The molecule has 0 saturated heterocycles. The molecule has 0 fully saturated rings. The second kappa shape index (κ2) is 5.45. The number of H-pyrrole nitrogens is 2. The number of nitrogens with zero attached hydrogens (tertiary/aromatic N) is 2. The molecule has 2 rings (SSSR count). The minimum atomic E-state index is -0.523. The van der Waals surface area contributed by atoms with Crippen LogP contribution in [0.5, 0.6) is 0 Å². The average molecular weight is 282 g/mol. The van der Waals surface area contributed by atoms with Crippen molar-refractivity contribution in [2.24, 2.45) is 0 Å². The Hall–Kier alpha value is -1.80. The number of hydrogen-bond acceptors (Lipinski definition) is 5. The lowest BCUT2D eigenvalue weighted by molar-refractivity contribution is 0.187. The Bertz CT molecular complexity index is 774. The number of methoxy groups -OCH3 is 1. The fourth-order valence-electron chi connectivity index (χ4n) is 1.81. The number of fused-ring (bicyclic) bond motifs is 1. The highest BCUT2D eigenvalue weighted by Crippen LogP contribution is 2.06. The summed E-state index contributed by atoms with van der Waals surface area (Å²) < 4.78 is 6.55. The predicted molar refractivity (Wildman–Crippen MR) is 73.1 cm³/mol. The van der Waals surface area contributed by atoms with E-state index >= 15 is 0 Å². The minimum absolute atomic E-state index is 0.193. The Labute approximate surface area is 113 Å². The molecule has 0 aliphatic heterocycles. The monoisotopic (exact) mass is 282 g/mol. The number of ether oxygens (including phenoxy) is 1. The van der Waals surface area contributed by atoms with Gasteiger partial charge in [0.15, 0.2) is 0 Å². The van der Waals surface area contributed by atoms with Crippen LogP contribution in [0.25, 0.3) is 11.0 Å². The topological polar surface area (TPSA) is 92.8 Å². The zero-order valence-corrected chi connectivity index (χ0v) is 11.5. The van der Waals surface area contributed by atoms with Crippen LogP contribution in [0, 0.1) is 4.64 Å². The maximum absolute atomic E-state index is 11.8. The van der Waals surface area contributed by atoms with Crippen molar-refractivity contribution in [2.45, 2.75) is 19.9 Å². The van der Waals surface area contributed by atoms with Crippen molar-refractivity contribution in [1.82, 2.24) is 19.5 Å². The molecule has 0 radical (unpaired) electrons. The van der Waals surface area contributed by atoms with Gasteiger partial charge >= 0.3 is 5.69 Å². The van der Waals surface area contributed by atoms with Crippen molar-refractivity contribution in [3.8, 4) is 0 Å². The zero-order chi connectivity index (χ0) is 14.0. The fourth-order valence-corrected chi connectivity index (χ4v) is 2.11. The summed E-state index contributed by atoms with van der Waals surface area (Å²) in [6, 6.07) is 0. The fraction of sp³-hybridized carbons (Fsp3) is 0.455.